The van der Waals surface area contributed by atoms with Crippen LogP contribution in [-0.4, -0.2) is 14.7 Å². The maximum atomic E-state index is 10.8. The van der Waals surface area contributed by atoms with Gasteiger partial charge in [0.1, 0.15) is 0 Å². The smallest absolute Gasteiger partial charge is 0.221 e. The molecule has 1 unspecified atom stereocenters. The molecule has 6 heteroatoms. The lowest BCUT2D eigenvalue weighted by Gasteiger charge is -2.06. The number of halogens is 1. The van der Waals surface area contributed by atoms with Gasteiger partial charge in [-0.25, -0.2) is 4.21 Å². The van der Waals surface area contributed by atoms with Crippen LogP contribution in [0.25, 0.3) is 0 Å². The maximum Gasteiger partial charge on any atom is 0.221 e. The van der Waals surface area contributed by atoms with Crippen LogP contribution in [0.4, 0.5) is 5.69 Å². The van der Waals surface area contributed by atoms with Crippen molar-refractivity contribution in [2.45, 2.75) is 11.8 Å². The number of amides is 1. The van der Waals surface area contributed by atoms with Gasteiger partial charge in [-0.15, -0.1) is 0 Å². The molecule has 0 heterocycles. The van der Waals surface area contributed by atoms with Crippen LogP contribution in [-0.2, 0) is 15.9 Å². The molecule has 0 radical (unpaired) electrons. The Morgan fingerprint density at radius 2 is 2.21 bits per heavy atom. The zero-order valence-corrected chi connectivity index (χ0v) is 8.85. The third-order valence-corrected chi connectivity index (χ3v) is 2.41. The lowest BCUT2D eigenvalue weighted by Crippen LogP contribution is -2.08. The fourth-order valence-electron chi connectivity index (χ4n) is 0.942. The second-order valence-electron chi connectivity index (χ2n) is 2.57. The number of carbonyl (C=O) groups is 1. The third-order valence-electron chi connectivity index (χ3n) is 1.44. The summed E-state index contributed by atoms with van der Waals surface area (Å²) in [6.07, 6.45) is 0. The van der Waals surface area contributed by atoms with Gasteiger partial charge in [-0.2, -0.15) is 0 Å². The first-order valence-electron chi connectivity index (χ1n) is 3.68. The van der Waals surface area contributed by atoms with Gasteiger partial charge < -0.3 is 9.87 Å². The van der Waals surface area contributed by atoms with Gasteiger partial charge in [0.25, 0.3) is 0 Å². The molecule has 0 aliphatic carbocycles. The van der Waals surface area contributed by atoms with E-state index in [1.165, 1.54) is 25.1 Å². The van der Waals surface area contributed by atoms with Gasteiger partial charge in [-0.1, -0.05) is 11.6 Å². The first-order valence-corrected chi connectivity index (χ1v) is 5.17. The van der Waals surface area contributed by atoms with Crippen LogP contribution < -0.4 is 5.32 Å². The molecule has 1 amide bonds. The van der Waals surface area contributed by atoms with Crippen molar-refractivity contribution in [3.05, 3.63) is 23.2 Å². The fraction of sp³-hybridized carbons (Fsp3) is 0.125. The topological polar surface area (TPSA) is 66.4 Å². The average Bonchev–Trinajstić information content (AvgIpc) is 2.01. The molecule has 14 heavy (non-hydrogen) atoms. The SMILES string of the molecule is CC(=O)Nc1cc(Cl)ccc1S(=O)O. The largest absolute Gasteiger partial charge is 0.325 e. The monoisotopic (exact) mass is 233 g/mol. The molecule has 0 aliphatic heterocycles. The van der Waals surface area contributed by atoms with Gasteiger partial charge in [0, 0.05) is 11.9 Å². The first kappa shape index (κ1) is 11.2. The number of carbonyl (C=O) groups excluding carboxylic acids is 1. The quantitative estimate of drug-likeness (QED) is 0.767. The second-order valence-corrected chi connectivity index (χ2v) is 3.95. The summed E-state index contributed by atoms with van der Waals surface area (Å²) >= 11 is 3.53. The van der Waals surface area contributed by atoms with Crippen molar-refractivity contribution >= 4 is 34.3 Å². The van der Waals surface area contributed by atoms with Crippen LogP contribution >= 0.6 is 11.6 Å². The van der Waals surface area contributed by atoms with Crippen LogP contribution in [0.15, 0.2) is 23.1 Å². The van der Waals surface area contributed by atoms with Crippen LogP contribution in [0.1, 0.15) is 6.92 Å². The summed E-state index contributed by atoms with van der Waals surface area (Å²) in [5.41, 5.74) is 0.255. The molecule has 0 saturated heterocycles. The van der Waals surface area contributed by atoms with E-state index < -0.39 is 11.1 Å². The molecule has 0 bridgehead atoms. The summed E-state index contributed by atoms with van der Waals surface area (Å²) in [6.45, 7) is 1.31. The normalized spacial score (nSPS) is 12.2. The molecular formula is C8H8ClNO3S. The number of hydrogen-bond donors (Lipinski definition) is 2. The predicted molar refractivity (Wildman–Crippen MR) is 54.8 cm³/mol. The van der Waals surface area contributed by atoms with E-state index >= 15 is 0 Å². The van der Waals surface area contributed by atoms with Gasteiger partial charge in [0.15, 0.2) is 11.1 Å². The molecule has 1 atom stereocenters. The van der Waals surface area contributed by atoms with E-state index in [0.29, 0.717) is 5.02 Å². The van der Waals surface area contributed by atoms with Gasteiger partial charge in [0.05, 0.1) is 10.6 Å². The van der Waals surface area contributed by atoms with Gasteiger partial charge in [-0.3, -0.25) is 4.79 Å². The minimum atomic E-state index is -2.14. The number of hydrogen-bond acceptors (Lipinski definition) is 2. The van der Waals surface area contributed by atoms with E-state index in [0.717, 1.165) is 0 Å². The van der Waals surface area contributed by atoms with E-state index in [2.05, 4.69) is 5.32 Å². The molecule has 4 nitrogen and oxygen atoms in total. The Kier molecular flexibility index (Phi) is 3.62. The summed E-state index contributed by atoms with van der Waals surface area (Å²) in [6, 6.07) is 4.30. The number of benzene rings is 1. The van der Waals surface area contributed by atoms with Crippen molar-refractivity contribution in [1.82, 2.24) is 0 Å². The number of anilines is 1. The molecule has 1 rings (SSSR count). The van der Waals surface area contributed by atoms with Crippen LogP contribution in [0, 0.1) is 0 Å². The Labute approximate surface area is 88.6 Å². The molecule has 2 N–H and O–H groups in total. The fourth-order valence-corrected chi connectivity index (χ4v) is 1.60. The van der Waals surface area contributed by atoms with Gasteiger partial charge >= 0.3 is 0 Å². The minimum absolute atomic E-state index is 0.129. The lowest BCUT2D eigenvalue weighted by atomic mass is 10.3. The molecule has 1 aromatic carbocycles. The van der Waals surface area contributed by atoms with Crippen molar-refractivity contribution < 1.29 is 13.6 Å². The van der Waals surface area contributed by atoms with E-state index in [9.17, 15) is 9.00 Å². The highest BCUT2D eigenvalue weighted by atomic mass is 35.5. The highest BCUT2D eigenvalue weighted by molar-refractivity contribution is 7.79. The Morgan fingerprint density at radius 1 is 1.57 bits per heavy atom. The summed E-state index contributed by atoms with van der Waals surface area (Å²) in [5.74, 6) is -0.320. The standard InChI is InChI=1S/C8H8ClNO3S/c1-5(11)10-7-4-6(9)2-3-8(7)14(12)13/h2-4H,1H3,(H,10,11)(H,12,13). The number of rotatable bonds is 2. The maximum absolute atomic E-state index is 10.8. The third kappa shape index (κ3) is 2.80. The van der Waals surface area contributed by atoms with Crippen LogP contribution in [0.5, 0.6) is 0 Å². The second kappa shape index (κ2) is 4.54. The zero-order valence-electron chi connectivity index (χ0n) is 7.28. The van der Waals surface area contributed by atoms with E-state index in [-0.39, 0.29) is 16.5 Å². The summed E-state index contributed by atoms with van der Waals surface area (Å²) in [5, 5.41) is 2.81. The molecular weight excluding hydrogens is 226 g/mol. The number of nitrogens with one attached hydrogen (secondary N) is 1. The molecule has 76 valence electrons. The van der Waals surface area contributed by atoms with Crippen molar-refractivity contribution in [2.75, 3.05) is 5.32 Å². The van der Waals surface area contributed by atoms with Crippen LogP contribution in [0.3, 0.4) is 0 Å². The predicted octanol–water partition coefficient (Wildman–Crippen LogP) is 1.88. The van der Waals surface area contributed by atoms with Crippen molar-refractivity contribution in [1.29, 1.82) is 0 Å². The van der Waals surface area contributed by atoms with Gasteiger partial charge in [-0.05, 0) is 18.2 Å². The Morgan fingerprint density at radius 3 is 2.71 bits per heavy atom. The average molecular weight is 234 g/mol. The van der Waals surface area contributed by atoms with Crippen molar-refractivity contribution in [2.24, 2.45) is 0 Å². The molecule has 0 aliphatic rings. The van der Waals surface area contributed by atoms with E-state index in [4.69, 9.17) is 16.2 Å². The van der Waals surface area contributed by atoms with Crippen molar-refractivity contribution in [3.8, 4) is 0 Å². The van der Waals surface area contributed by atoms with Gasteiger partial charge in [0.2, 0.25) is 5.91 Å². The highest BCUT2D eigenvalue weighted by Crippen LogP contribution is 2.23. The Hall–Kier alpha value is -0.910. The summed E-state index contributed by atoms with van der Waals surface area (Å²) in [7, 11) is 0. The molecule has 0 aromatic heterocycles. The first-order chi connectivity index (χ1) is 6.50. The molecule has 1 aromatic rings. The van der Waals surface area contributed by atoms with E-state index in [1.807, 2.05) is 0 Å². The lowest BCUT2D eigenvalue weighted by molar-refractivity contribution is -0.114. The Balaban J connectivity index is 3.15. The zero-order chi connectivity index (χ0) is 10.7. The Bertz CT molecular complexity index is 394. The summed E-state index contributed by atoms with van der Waals surface area (Å²) in [4.78, 5) is 10.9. The van der Waals surface area contributed by atoms with Crippen molar-refractivity contribution in [3.63, 3.8) is 0 Å². The molecule has 0 spiro atoms. The summed E-state index contributed by atoms with van der Waals surface area (Å²) < 4.78 is 19.7. The molecule has 0 fully saturated rings. The highest BCUT2D eigenvalue weighted by Gasteiger charge is 2.09. The van der Waals surface area contributed by atoms with Crippen LogP contribution in [0.2, 0.25) is 5.02 Å². The van der Waals surface area contributed by atoms with E-state index in [1.54, 1.807) is 0 Å². The molecule has 0 saturated carbocycles. The minimum Gasteiger partial charge on any atom is -0.325 e.